The second kappa shape index (κ2) is 5.42. The van der Waals surface area contributed by atoms with Gasteiger partial charge in [0.05, 0.1) is 16.7 Å². The van der Waals surface area contributed by atoms with Crippen molar-refractivity contribution in [1.82, 2.24) is 14.0 Å². The predicted octanol–water partition coefficient (Wildman–Crippen LogP) is 4.45. The number of phenols is 1. The molecule has 4 nitrogen and oxygen atoms in total. The summed E-state index contributed by atoms with van der Waals surface area (Å²) in [6.45, 7) is 2.98. The maximum atomic E-state index is 9.45. The monoisotopic (exact) mass is 369 g/mol. The molecule has 0 saturated carbocycles. The van der Waals surface area contributed by atoms with E-state index >= 15 is 0 Å². The molecule has 0 spiro atoms. The van der Waals surface area contributed by atoms with Crippen LogP contribution >= 0.6 is 15.9 Å². The Bertz CT molecular complexity index is 983. The summed E-state index contributed by atoms with van der Waals surface area (Å²) in [5.74, 6) is 1.20. The number of imidazole rings is 2. The molecule has 2 aromatic heterocycles. The summed E-state index contributed by atoms with van der Waals surface area (Å²) in [6.07, 6.45) is 2.06. The van der Waals surface area contributed by atoms with Gasteiger partial charge in [-0.1, -0.05) is 35.0 Å². The molecule has 1 unspecified atom stereocenters. The molecule has 116 valence electrons. The van der Waals surface area contributed by atoms with Gasteiger partial charge in [-0.3, -0.25) is 4.40 Å². The first kappa shape index (κ1) is 14.3. The van der Waals surface area contributed by atoms with E-state index in [0.717, 1.165) is 29.1 Å². The molecule has 4 aromatic rings. The Kier molecular flexibility index (Phi) is 3.38. The van der Waals surface area contributed by atoms with Gasteiger partial charge in [-0.15, -0.1) is 0 Å². The quantitative estimate of drug-likeness (QED) is 0.542. The Morgan fingerprint density at radius 3 is 2.48 bits per heavy atom. The van der Waals surface area contributed by atoms with Crippen LogP contribution in [0.15, 0.2) is 54.7 Å². The van der Waals surface area contributed by atoms with E-state index < -0.39 is 0 Å². The van der Waals surface area contributed by atoms with Gasteiger partial charge in [0, 0.05) is 23.1 Å². The van der Waals surface area contributed by atoms with E-state index in [0.29, 0.717) is 4.83 Å². The van der Waals surface area contributed by atoms with E-state index in [2.05, 4.69) is 56.2 Å². The standard InChI is InChI=1S/C18H16BrN3O/c1-12(19)10-21-16-4-2-3-5-17(16)22-11-15(20-18(21)22)13-6-8-14(23)9-7-13/h2-9,11-12,23H,10H2,1H3. The number of nitrogens with zero attached hydrogens (tertiary/aromatic N) is 3. The van der Waals surface area contributed by atoms with Crippen molar-refractivity contribution in [1.29, 1.82) is 0 Å². The highest BCUT2D eigenvalue weighted by atomic mass is 79.9. The van der Waals surface area contributed by atoms with E-state index in [1.807, 2.05) is 18.2 Å². The molecule has 2 aromatic carbocycles. The number of halogens is 1. The first-order valence-electron chi connectivity index (χ1n) is 7.53. The maximum Gasteiger partial charge on any atom is 0.215 e. The van der Waals surface area contributed by atoms with E-state index in [4.69, 9.17) is 4.98 Å². The Balaban J connectivity index is 1.96. The number of para-hydroxylation sites is 2. The number of hydrogen-bond donors (Lipinski definition) is 1. The Morgan fingerprint density at radius 1 is 1.09 bits per heavy atom. The van der Waals surface area contributed by atoms with Crippen molar-refractivity contribution in [3.63, 3.8) is 0 Å². The minimum atomic E-state index is 0.264. The molecule has 1 N–H and O–H groups in total. The lowest BCUT2D eigenvalue weighted by atomic mass is 10.2. The van der Waals surface area contributed by atoms with Gasteiger partial charge >= 0.3 is 0 Å². The van der Waals surface area contributed by atoms with E-state index in [1.54, 1.807) is 12.1 Å². The van der Waals surface area contributed by atoms with Gasteiger partial charge < -0.3 is 9.67 Å². The van der Waals surface area contributed by atoms with Crippen LogP contribution in [0.2, 0.25) is 0 Å². The number of benzene rings is 2. The van der Waals surface area contributed by atoms with E-state index in [9.17, 15) is 5.11 Å². The number of aromatic hydroxyl groups is 1. The van der Waals surface area contributed by atoms with Gasteiger partial charge in [0.2, 0.25) is 5.78 Å². The van der Waals surface area contributed by atoms with Crippen molar-refractivity contribution >= 4 is 32.7 Å². The third-order valence-corrected chi connectivity index (χ3v) is 4.25. The van der Waals surface area contributed by atoms with Crippen molar-refractivity contribution in [3.8, 4) is 17.0 Å². The van der Waals surface area contributed by atoms with Crippen LogP contribution in [0.3, 0.4) is 0 Å². The van der Waals surface area contributed by atoms with Crippen molar-refractivity contribution in [2.75, 3.05) is 0 Å². The van der Waals surface area contributed by atoms with Crippen LogP contribution in [0.5, 0.6) is 5.75 Å². The molecule has 23 heavy (non-hydrogen) atoms. The van der Waals surface area contributed by atoms with Crippen LogP contribution < -0.4 is 0 Å². The average molecular weight is 370 g/mol. The normalized spacial score (nSPS) is 13.0. The number of alkyl halides is 1. The van der Waals surface area contributed by atoms with Crippen molar-refractivity contribution in [3.05, 3.63) is 54.7 Å². The van der Waals surface area contributed by atoms with E-state index in [1.165, 1.54) is 5.52 Å². The molecule has 4 rings (SSSR count). The second-order valence-electron chi connectivity index (χ2n) is 5.72. The number of fused-ring (bicyclic) bond motifs is 3. The molecule has 1 atom stereocenters. The summed E-state index contributed by atoms with van der Waals surface area (Å²) >= 11 is 3.64. The second-order valence-corrected chi connectivity index (χ2v) is 7.29. The van der Waals surface area contributed by atoms with Crippen LogP contribution in [0.25, 0.3) is 28.1 Å². The van der Waals surface area contributed by atoms with Crippen LogP contribution in [0.4, 0.5) is 0 Å². The molecule has 0 aliphatic rings. The maximum absolute atomic E-state index is 9.45. The summed E-state index contributed by atoms with van der Waals surface area (Å²) in [5, 5.41) is 9.45. The highest BCUT2D eigenvalue weighted by Gasteiger charge is 2.15. The Morgan fingerprint density at radius 2 is 1.78 bits per heavy atom. The number of aromatic nitrogens is 3. The van der Waals surface area contributed by atoms with Crippen LogP contribution in [0, 0.1) is 0 Å². The van der Waals surface area contributed by atoms with Gasteiger partial charge in [-0.05, 0) is 36.4 Å². The molecule has 0 fully saturated rings. The zero-order chi connectivity index (χ0) is 16.0. The highest BCUT2D eigenvalue weighted by molar-refractivity contribution is 9.09. The lowest BCUT2D eigenvalue weighted by molar-refractivity contribution is 0.475. The summed E-state index contributed by atoms with van der Waals surface area (Å²) < 4.78 is 4.37. The average Bonchev–Trinajstić information content (AvgIpc) is 3.08. The number of phenolic OH excluding ortho intramolecular Hbond substituents is 1. The van der Waals surface area contributed by atoms with Crippen LogP contribution in [-0.4, -0.2) is 23.9 Å². The van der Waals surface area contributed by atoms with Gasteiger partial charge in [-0.2, -0.15) is 0 Å². The van der Waals surface area contributed by atoms with Crippen molar-refractivity contribution in [2.24, 2.45) is 0 Å². The van der Waals surface area contributed by atoms with Gasteiger partial charge in [0.25, 0.3) is 0 Å². The molecular formula is C18H16BrN3O. The summed E-state index contributed by atoms with van der Waals surface area (Å²) in [7, 11) is 0. The van der Waals surface area contributed by atoms with E-state index in [-0.39, 0.29) is 5.75 Å². The lowest BCUT2D eigenvalue weighted by Gasteiger charge is -2.06. The summed E-state index contributed by atoms with van der Waals surface area (Å²) in [4.78, 5) is 5.18. The van der Waals surface area contributed by atoms with Gasteiger partial charge in [0.15, 0.2) is 0 Å². The smallest absolute Gasteiger partial charge is 0.215 e. The fraction of sp³-hybridized carbons (Fsp3) is 0.167. The fourth-order valence-corrected chi connectivity index (χ4v) is 3.23. The largest absolute Gasteiger partial charge is 0.508 e. The zero-order valence-corrected chi connectivity index (χ0v) is 14.2. The zero-order valence-electron chi connectivity index (χ0n) is 12.6. The molecule has 0 saturated heterocycles. The molecule has 0 bridgehead atoms. The molecule has 5 heteroatoms. The van der Waals surface area contributed by atoms with Crippen molar-refractivity contribution < 1.29 is 5.11 Å². The molecule has 0 aliphatic heterocycles. The Hall–Kier alpha value is -2.27. The first-order valence-corrected chi connectivity index (χ1v) is 8.45. The summed E-state index contributed by atoms with van der Waals surface area (Å²) in [5.41, 5.74) is 4.22. The van der Waals surface area contributed by atoms with Crippen LogP contribution in [0.1, 0.15) is 6.92 Å². The molecular weight excluding hydrogens is 354 g/mol. The Labute approximate surface area is 142 Å². The SMILES string of the molecule is CC(Br)Cn1c2ccccc2n2cc(-c3ccc(O)cc3)nc12. The third-order valence-electron chi connectivity index (χ3n) is 3.96. The molecule has 0 aliphatic carbocycles. The number of rotatable bonds is 3. The van der Waals surface area contributed by atoms with Crippen LogP contribution in [-0.2, 0) is 6.54 Å². The minimum absolute atomic E-state index is 0.264. The summed E-state index contributed by atoms with van der Waals surface area (Å²) in [6, 6.07) is 15.5. The number of hydrogen-bond acceptors (Lipinski definition) is 2. The molecule has 0 amide bonds. The fourth-order valence-electron chi connectivity index (χ4n) is 2.94. The topological polar surface area (TPSA) is 42.5 Å². The van der Waals surface area contributed by atoms with Gasteiger partial charge in [0.1, 0.15) is 5.75 Å². The molecule has 0 radical (unpaired) electrons. The first-order chi connectivity index (χ1) is 11.1. The van der Waals surface area contributed by atoms with Crippen molar-refractivity contribution in [2.45, 2.75) is 18.3 Å². The molecule has 2 heterocycles. The lowest BCUT2D eigenvalue weighted by Crippen LogP contribution is -2.06. The third kappa shape index (κ3) is 2.41. The highest BCUT2D eigenvalue weighted by Crippen LogP contribution is 2.27. The minimum Gasteiger partial charge on any atom is -0.508 e. The van der Waals surface area contributed by atoms with Gasteiger partial charge in [-0.25, -0.2) is 4.98 Å². The predicted molar refractivity (Wildman–Crippen MR) is 96.2 cm³/mol.